The number of rotatable bonds is 7. The number of nitrogens with zero attached hydrogens (tertiary/aromatic N) is 3. The Hall–Kier alpha value is -2.03. The summed E-state index contributed by atoms with van der Waals surface area (Å²) in [5.41, 5.74) is 2.19. The van der Waals surface area contributed by atoms with Gasteiger partial charge in [0.25, 0.3) is 0 Å². The second kappa shape index (κ2) is 10.1. The molecule has 0 unspecified atom stereocenters. The van der Waals surface area contributed by atoms with Crippen LogP contribution in [0.15, 0.2) is 64.3 Å². The third-order valence-corrected chi connectivity index (χ3v) is 1.99. The first-order valence-electron chi connectivity index (χ1n) is 5.81. The van der Waals surface area contributed by atoms with Gasteiger partial charge in [-0.05, 0) is 32.9 Å². The summed E-state index contributed by atoms with van der Waals surface area (Å²) in [6, 6.07) is 0. The third-order valence-electron chi connectivity index (χ3n) is 1.99. The van der Waals surface area contributed by atoms with Gasteiger partial charge in [-0.25, -0.2) is 0 Å². The van der Waals surface area contributed by atoms with Gasteiger partial charge >= 0.3 is 0 Å². The summed E-state index contributed by atoms with van der Waals surface area (Å²) in [5, 5.41) is 0. The molecule has 0 saturated carbocycles. The molecule has 0 aliphatic rings. The van der Waals surface area contributed by atoms with Gasteiger partial charge in [-0.2, -0.15) is 0 Å². The minimum atomic E-state index is 0.490. The lowest BCUT2D eigenvalue weighted by molar-refractivity contribution is 1.29. The molecule has 0 N–H and O–H groups in total. The quantitative estimate of drug-likeness (QED) is 0.610. The van der Waals surface area contributed by atoms with Crippen molar-refractivity contribution >= 4 is 17.6 Å². The second-order valence-corrected chi connectivity index (χ2v) is 3.47. The SMILES string of the molecule is C=C/C(C/N=C\C=C/C)=N\C(=C)/C(C)=N/C=C\C. The molecule has 0 saturated heterocycles. The van der Waals surface area contributed by atoms with E-state index in [0.717, 1.165) is 11.4 Å². The molecule has 3 nitrogen and oxygen atoms in total. The van der Waals surface area contributed by atoms with Crippen molar-refractivity contribution in [2.75, 3.05) is 6.54 Å². The highest BCUT2D eigenvalue weighted by atomic mass is 14.8. The molecule has 0 fully saturated rings. The van der Waals surface area contributed by atoms with E-state index in [1.54, 1.807) is 18.5 Å². The van der Waals surface area contributed by atoms with Gasteiger partial charge in [-0.1, -0.05) is 25.3 Å². The molecule has 0 aliphatic heterocycles. The van der Waals surface area contributed by atoms with Crippen LogP contribution in [0.4, 0.5) is 0 Å². The summed E-state index contributed by atoms with van der Waals surface area (Å²) in [7, 11) is 0. The lowest BCUT2D eigenvalue weighted by Crippen LogP contribution is -2.02. The van der Waals surface area contributed by atoms with Crippen molar-refractivity contribution in [1.82, 2.24) is 0 Å². The van der Waals surface area contributed by atoms with Crippen molar-refractivity contribution in [1.29, 1.82) is 0 Å². The molecule has 0 bridgehead atoms. The molecule has 96 valence electrons. The van der Waals surface area contributed by atoms with Gasteiger partial charge in [0.15, 0.2) is 0 Å². The standard InChI is InChI=1S/C15H21N3/c1-6-9-11-16-12-15(8-3)18-14(5)13(4)17-10-7-2/h6-11H,3,5,12H2,1-2,4H3/b9-6-,10-7-,16-11-,17-13+,18-15+. The van der Waals surface area contributed by atoms with Crippen molar-refractivity contribution in [2.24, 2.45) is 15.0 Å². The monoisotopic (exact) mass is 243 g/mol. The van der Waals surface area contributed by atoms with E-state index in [1.807, 2.05) is 39.0 Å². The molecule has 3 heteroatoms. The zero-order valence-corrected chi connectivity index (χ0v) is 11.4. The Kier molecular flexibility index (Phi) is 9.00. The zero-order chi connectivity index (χ0) is 13.8. The molecule has 0 amide bonds. The zero-order valence-electron chi connectivity index (χ0n) is 11.4. The summed E-state index contributed by atoms with van der Waals surface area (Å²) in [5.74, 6) is 0. The Labute approximate surface area is 110 Å². The lowest BCUT2D eigenvalue weighted by atomic mass is 10.3. The van der Waals surface area contributed by atoms with E-state index < -0.39 is 0 Å². The Morgan fingerprint density at radius 3 is 2.50 bits per heavy atom. The van der Waals surface area contributed by atoms with Gasteiger partial charge in [-0.15, -0.1) is 0 Å². The maximum Gasteiger partial charge on any atom is 0.0811 e. The summed E-state index contributed by atoms with van der Waals surface area (Å²) in [4.78, 5) is 12.7. The van der Waals surface area contributed by atoms with E-state index in [1.165, 1.54) is 0 Å². The van der Waals surface area contributed by atoms with Crippen LogP contribution >= 0.6 is 0 Å². The molecule has 0 atom stereocenters. The van der Waals surface area contributed by atoms with Gasteiger partial charge in [0.2, 0.25) is 0 Å². The lowest BCUT2D eigenvalue weighted by Gasteiger charge is -2.00. The van der Waals surface area contributed by atoms with E-state index in [-0.39, 0.29) is 0 Å². The van der Waals surface area contributed by atoms with Crippen LogP contribution in [-0.4, -0.2) is 24.2 Å². The first-order chi connectivity index (χ1) is 8.65. The fourth-order valence-corrected chi connectivity index (χ4v) is 0.954. The van der Waals surface area contributed by atoms with E-state index in [2.05, 4.69) is 28.1 Å². The topological polar surface area (TPSA) is 37.1 Å². The summed E-state index contributed by atoms with van der Waals surface area (Å²) < 4.78 is 0. The fourth-order valence-electron chi connectivity index (χ4n) is 0.954. The second-order valence-electron chi connectivity index (χ2n) is 3.47. The maximum absolute atomic E-state index is 4.35. The van der Waals surface area contributed by atoms with Gasteiger partial charge in [0.1, 0.15) is 0 Å². The van der Waals surface area contributed by atoms with Crippen molar-refractivity contribution in [3.05, 3.63) is 49.4 Å². The number of allylic oxidation sites excluding steroid dienone is 4. The minimum Gasteiger partial charge on any atom is -0.287 e. The normalized spacial score (nSPS) is 13.9. The van der Waals surface area contributed by atoms with E-state index in [0.29, 0.717) is 12.2 Å². The highest BCUT2D eigenvalue weighted by molar-refractivity contribution is 6.04. The van der Waals surface area contributed by atoms with E-state index in [4.69, 9.17) is 0 Å². The molecular weight excluding hydrogens is 222 g/mol. The fraction of sp³-hybridized carbons (Fsp3) is 0.267. The first kappa shape index (κ1) is 16.0. The van der Waals surface area contributed by atoms with Gasteiger partial charge in [-0.3, -0.25) is 15.0 Å². The Balaban J connectivity index is 4.69. The average molecular weight is 243 g/mol. The highest BCUT2D eigenvalue weighted by Gasteiger charge is 1.97. The van der Waals surface area contributed by atoms with Crippen LogP contribution in [0.2, 0.25) is 0 Å². The maximum atomic E-state index is 4.35. The van der Waals surface area contributed by atoms with Crippen LogP contribution in [0, 0.1) is 0 Å². The molecule has 0 aromatic carbocycles. The molecular formula is C15H21N3. The smallest absolute Gasteiger partial charge is 0.0811 e. The van der Waals surface area contributed by atoms with Crippen LogP contribution in [0.5, 0.6) is 0 Å². The Bertz CT molecular complexity index is 421. The van der Waals surface area contributed by atoms with E-state index in [9.17, 15) is 0 Å². The third kappa shape index (κ3) is 7.28. The number of hydrogen-bond acceptors (Lipinski definition) is 3. The first-order valence-corrected chi connectivity index (χ1v) is 5.81. The largest absolute Gasteiger partial charge is 0.287 e. The van der Waals surface area contributed by atoms with Gasteiger partial charge in [0.05, 0.1) is 23.7 Å². The van der Waals surface area contributed by atoms with Gasteiger partial charge < -0.3 is 0 Å². The van der Waals surface area contributed by atoms with Crippen molar-refractivity contribution in [3.8, 4) is 0 Å². The van der Waals surface area contributed by atoms with Crippen LogP contribution in [-0.2, 0) is 0 Å². The van der Waals surface area contributed by atoms with Crippen molar-refractivity contribution in [3.63, 3.8) is 0 Å². The van der Waals surface area contributed by atoms with Crippen LogP contribution in [0.25, 0.3) is 0 Å². The molecule has 0 aliphatic carbocycles. The molecule has 18 heavy (non-hydrogen) atoms. The summed E-state index contributed by atoms with van der Waals surface area (Å²) in [6.07, 6.45) is 10.8. The Morgan fingerprint density at radius 1 is 1.22 bits per heavy atom. The van der Waals surface area contributed by atoms with Crippen LogP contribution < -0.4 is 0 Å². The minimum absolute atomic E-state index is 0.490. The molecule has 0 rings (SSSR count). The molecule has 0 aromatic heterocycles. The predicted molar refractivity (Wildman–Crippen MR) is 82.9 cm³/mol. The predicted octanol–water partition coefficient (Wildman–Crippen LogP) is 3.77. The van der Waals surface area contributed by atoms with Crippen molar-refractivity contribution in [2.45, 2.75) is 20.8 Å². The van der Waals surface area contributed by atoms with Crippen molar-refractivity contribution < 1.29 is 0 Å². The number of hydrogen-bond donors (Lipinski definition) is 0. The summed E-state index contributed by atoms with van der Waals surface area (Å²) >= 11 is 0. The van der Waals surface area contributed by atoms with E-state index >= 15 is 0 Å². The molecule has 0 aromatic rings. The average Bonchev–Trinajstić information content (AvgIpc) is 2.39. The van der Waals surface area contributed by atoms with Crippen LogP contribution in [0.1, 0.15) is 20.8 Å². The van der Waals surface area contributed by atoms with Crippen LogP contribution in [0.3, 0.4) is 0 Å². The Morgan fingerprint density at radius 2 is 1.94 bits per heavy atom. The highest BCUT2D eigenvalue weighted by Crippen LogP contribution is 2.00. The summed E-state index contributed by atoms with van der Waals surface area (Å²) in [6.45, 7) is 13.8. The van der Waals surface area contributed by atoms with Gasteiger partial charge in [0, 0.05) is 12.4 Å². The number of aliphatic imine (C=N–C) groups is 3. The molecule has 0 radical (unpaired) electrons. The molecule has 0 spiro atoms. The molecule has 0 heterocycles.